The molecule has 2 atom stereocenters. The molecule has 0 saturated carbocycles. The van der Waals surface area contributed by atoms with Crippen molar-refractivity contribution in [3.8, 4) is 0 Å². The Kier molecular flexibility index (Phi) is 10.5. The lowest BCUT2D eigenvalue weighted by atomic mass is 10.1. The molecule has 2 rings (SSSR count). The van der Waals surface area contributed by atoms with Gasteiger partial charge in [0.15, 0.2) is 13.3 Å². The molecule has 0 aromatic rings. The Morgan fingerprint density at radius 1 is 0.692 bits per heavy atom. The molecule has 0 saturated heterocycles. The van der Waals surface area contributed by atoms with E-state index in [0.717, 1.165) is 13.3 Å². The quantitative estimate of drug-likeness (QED) is 0.105. The first-order valence-corrected chi connectivity index (χ1v) is 12.2. The maximum Gasteiger partial charge on any atom is 0.543 e. The summed E-state index contributed by atoms with van der Waals surface area (Å²) < 4.78 is 1.01. The lowest BCUT2D eigenvalue weighted by Crippen LogP contribution is -2.28. The SMILES string of the molecule is CN1[C+]=NN(C(I)CCCCCCCCCCC(I)N2CN(C)[C+]=N2)C1. The minimum Gasteiger partial charge on any atom is -0.212 e. The van der Waals surface area contributed by atoms with Gasteiger partial charge in [0.1, 0.15) is 18.3 Å². The molecule has 0 radical (unpaired) electrons. The Bertz CT molecular complexity index is 407. The van der Waals surface area contributed by atoms with Gasteiger partial charge in [-0.3, -0.25) is 0 Å². The highest BCUT2D eigenvalue weighted by Gasteiger charge is 2.29. The van der Waals surface area contributed by atoms with E-state index in [9.17, 15) is 0 Å². The summed E-state index contributed by atoms with van der Waals surface area (Å²) >= 11 is 5.01. The summed E-state index contributed by atoms with van der Waals surface area (Å²) in [5, 5.41) is 12.9. The summed E-state index contributed by atoms with van der Waals surface area (Å²) in [5.41, 5.74) is 0. The highest BCUT2D eigenvalue weighted by atomic mass is 127. The fraction of sp³-hybridized carbons (Fsp3) is 0.889. The van der Waals surface area contributed by atoms with E-state index in [1.54, 1.807) is 0 Å². The van der Waals surface area contributed by atoms with Crippen molar-refractivity contribution in [1.29, 1.82) is 0 Å². The fourth-order valence-electron chi connectivity index (χ4n) is 3.12. The molecule has 0 N–H and O–H groups in total. The Morgan fingerprint density at radius 3 is 1.35 bits per heavy atom. The molecule has 2 aliphatic heterocycles. The second kappa shape index (κ2) is 12.3. The third kappa shape index (κ3) is 8.23. The van der Waals surface area contributed by atoms with Gasteiger partial charge in [0, 0.05) is 0 Å². The van der Waals surface area contributed by atoms with Crippen LogP contribution in [0.4, 0.5) is 0 Å². The van der Waals surface area contributed by atoms with Crippen molar-refractivity contribution in [2.24, 2.45) is 10.2 Å². The predicted molar refractivity (Wildman–Crippen MR) is 126 cm³/mol. The average Bonchev–Trinajstić information content (AvgIpc) is 3.24. The number of hydrogen-bond donors (Lipinski definition) is 0. The van der Waals surface area contributed by atoms with E-state index in [0.29, 0.717) is 8.10 Å². The van der Waals surface area contributed by atoms with Crippen LogP contribution in [-0.2, 0) is 0 Å². The number of rotatable bonds is 13. The monoisotopic (exact) mass is 586 g/mol. The molecule has 0 bridgehead atoms. The van der Waals surface area contributed by atoms with Crippen LogP contribution in [0.3, 0.4) is 0 Å². The summed E-state index contributed by atoms with van der Waals surface area (Å²) in [6.07, 6.45) is 19.2. The molecule has 6 nitrogen and oxygen atoms in total. The van der Waals surface area contributed by atoms with E-state index in [-0.39, 0.29) is 0 Å². The van der Waals surface area contributed by atoms with Gasteiger partial charge in [0.05, 0.1) is 14.1 Å². The number of alkyl halides is 2. The topological polar surface area (TPSA) is 37.7 Å². The minimum absolute atomic E-state index is 0.503. The zero-order valence-corrected chi connectivity index (χ0v) is 20.4. The summed E-state index contributed by atoms with van der Waals surface area (Å²) in [4.78, 5) is 4.00. The summed E-state index contributed by atoms with van der Waals surface area (Å²) in [6.45, 7) is 1.76. The largest absolute Gasteiger partial charge is 0.543 e. The summed E-state index contributed by atoms with van der Waals surface area (Å²) in [5.74, 6) is 0. The first-order valence-electron chi connectivity index (χ1n) is 9.72. The van der Waals surface area contributed by atoms with Gasteiger partial charge in [-0.2, -0.15) is 0 Å². The molecule has 0 aromatic heterocycles. The van der Waals surface area contributed by atoms with Gasteiger partial charge in [0.2, 0.25) is 0 Å². The molecule has 146 valence electrons. The molecule has 0 aromatic carbocycles. The molecule has 2 heterocycles. The molecule has 26 heavy (non-hydrogen) atoms. The van der Waals surface area contributed by atoms with Gasteiger partial charge in [-0.05, 0) is 12.8 Å². The van der Waals surface area contributed by atoms with E-state index < -0.39 is 0 Å². The van der Waals surface area contributed by atoms with E-state index >= 15 is 0 Å². The Hall–Kier alpha value is -0.180. The van der Waals surface area contributed by atoms with E-state index in [4.69, 9.17) is 0 Å². The molecule has 2 unspecified atom stereocenters. The number of halogens is 2. The smallest absolute Gasteiger partial charge is 0.212 e. The Labute approximate surface area is 186 Å². The summed E-state index contributed by atoms with van der Waals surface area (Å²) in [6, 6.07) is 0. The lowest BCUT2D eigenvalue weighted by molar-refractivity contribution is 0.235. The van der Waals surface area contributed by atoms with Crippen LogP contribution in [0.1, 0.15) is 64.2 Å². The molecule has 0 aliphatic carbocycles. The zero-order valence-electron chi connectivity index (χ0n) is 16.1. The normalized spacial score (nSPS) is 18.5. The second-order valence-electron chi connectivity index (χ2n) is 7.23. The molecule has 8 heteroatoms. The summed E-state index contributed by atoms with van der Waals surface area (Å²) in [7, 11) is 4.04. The van der Waals surface area contributed by atoms with Crippen molar-refractivity contribution < 1.29 is 0 Å². The van der Waals surface area contributed by atoms with Crippen molar-refractivity contribution in [1.82, 2.24) is 19.8 Å². The maximum atomic E-state index is 4.30. The van der Waals surface area contributed by atoms with Crippen molar-refractivity contribution in [3.63, 3.8) is 0 Å². The predicted octanol–water partition coefficient (Wildman–Crippen LogP) is 4.46. The van der Waals surface area contributed by atoms with Crippen LogP contribution in [0.2, 0.25) is 0 Å². The van der Waals surface area contributed by atoms with Crippen LogP contribution >= 0.6 is 45.2 Å². The number of hydrazone groups is 2. The van der Waals surface area contributed by atoms with Gasteiger partial charge in [-0.1, -0.05) is 96.5 Å². The molecular formula is C18H32I2N6+2. The molecular weight excluding hydrogens is 554 g/mol. The zero-order chi connectivity index (χ0) is 18.8. The number of nitrogens with zero attached hydrogens (tertiary/aromatic N) is 6. The Morgan fingerprint density at radius 2 is 1.04 bits per heavy atom. The van der Waals surface area contributed by atoms with Crippen molar-refractivity contribution in [2.45, 2.75) is 72.3 Å². The second-order valence-corrected chi connectivity index (χ2v) is 10.1. The van der Waals surface area contributed by atoms with Crippen LogP contribution in [0.15, 0.2) is 10.2 Å². The average molecular weight is 586 g/mol. The standard InChI is InChI=1S/C18H32I2N6/c1-23-13-21-25(15-23)17(19)11-9-7-5-3-4-6-8-10-12-18(20)26-16-24(2)14-22-26/h17-18H,3-12,15-16H2,1-2H3/q+2. The maximum absolute atomic E-state index is 4.30. The molecule has 0 spiro atoms. The third-order valence-electron chi connectivity index (χ3n) is 4.68. The van der Waals surface area contributed by atoms with Crippen molar-refractivity contribution >= 4 is 57.9 Å². The molecule has 0 amide bonds. The van der Waals surface area contributed by atoms with E-state index in [1.165, 1.54) is 64.2 Å². The minimum atomic E-state index is 0.503. The number of hydrogen-bond acceptors (Lipinski definition) is 6. The van der Waals surface area contributed by atoms with Crippen molar-refractivity contribution in [2.75, 3.05) is 27.4 Å². The van der Waals surface area contributed by atoms with Gasteiger partial charge in [-0.25, -0.2) is 10.0 Å². The van der Waals surface area contributed by atoms with Gasteiger partial charge >= 0.3 is 12.7 Å². The number of unbranched alkanes of at least 4 members (excludes halogenated alkanes) is 7. The fourth-order valence-corrected chi connectivity index (χ4v) is 4.60. The van der Waals surface area contributed by atoms with Crippen LogP contribution in [0.5, 0.6) is 0 Å². The van der Waals surface area contributed by atoms with Gasteiger partial charge in [0.25, 0.3) is 0 Å². The first kappa shape index (κ1) is 22.1. The highest BCUT2D eigenvalue weighted by molar-refractivity contribution is 14.1. The third-order valence-corrected chi connectivity index (χ3v) is 7.21. The van der Waals surface area contributed by atoms with Crippen LogP contribution < -0.4 is 0 Å². The van der Waals surface area contributed by atoms with E-state index in [1.807, 2.05) is 23.9 Å². The van der Waals surface area contributed by atoms with Crippen LogP contribution in [-0.4, -0.2) is 68.0 Å². The van der Waals surface area contributed by atoms with Crippen LogP contribution in [0.25, 0.3) is 0 Å². The Balaban J connectivity index is 1.35. The molecule has 2 aliphatic rings. The van der Waals surface area contributed by atoms with E-state index in [2.05, 4.69) is 78.1 Å². The van der Waals surface area contributed by atoms with Gasteiger partial charge < -0.3 is 0 Å². The first-order chi connectivity index (χ1) is 12.6. The highest BCUT2D eigenvalue weighted by Crippen LogP contribution is 2.21. The van der Waals surface area contributed by atoms with Gasteiger partial charge in [-0.15, -0.1) is 9.80 Å². The lowest BCUT2D eigenvalue weighted by Gasteiger charge is -2.17. The van der Waals surface area contributed by atoms with Crippen LogP contribution in [0, 0.1) is 0 Å². The molecule has 0 fully saturated rings. The van der Waals surface area contributed by atoms with Crippen molar-refractivity contribution in [3.05, 3.63) is 0 Å².